The standard InChI is InChI=1S/C12H12N2O/c1-14-7-3-4-10-5-6-12(15-2)11(8-10)9-13/h5-6,8,14H,7H2,1-2H3. The molecule has 0 saturated carbocycles. The monoisotopic (exact) mass is 200 g/mol. The van der Waals surface area contributed by atoms with Gasteiger partial charge in [0.1, 0.15) is 11.8 Å². The predicted octanol–water partition coefficient (Wildman–Crippen LogP) is 1.14. The third kappa shape index (κ3) is 3.02. The van der Waals surface area contributed by atoms with E-state index in [1.165, 1.54) is 0 Å². The molecule has 0 heterocycles. The minimum absolute atomic E-state index is 0.508. The van der Waals surface area contributed by atoms with Crippen LogP contribution in [0.1, 0.15) is 11.1 Å². The number of methoxy groups -OCH3 is 1. The van der Waals surface area contributed by atoms with Gasteiger partial charge in [0, 0.05) is 5.56 Å². The van der Waals surface area contributed by atoms with Gasteiger partial charge in [0.2, 0.25) is 0 Å². The fraction of sp³-hybridized carbons (Fsp3) is 0.250. The summed E-state index contributed by atoms with van der Waals surface area (Å²) in [4.78, 5) is 0. The average Bonchev–Trinajstić information content (AvgIpc) is 2.29. The van der Waals surface area contributed by atoms with E-state index in [1.54, 1.807) is 19.2 Å². The van der Waals surface area contributed by atoms with Crippen LogP contribution in [0.5, 0.6) is 5.75 Å². The number of hydrogen-bond acceptors (Lipinski definition) is 3. The van der Waals surface area contributed by atoms with E-state index in [0.29, 0.717) is 17.9 Å². The first-order chi connectivity index (χ1) is 7.31. The molecule has 0 aliphatic heterocycles. The van der Waals surface area contributed by atoms with Gasteiger partial charge in [0.25, 0.3) is 0 Å². The van der Waals surface area contributed by atoms with Gasteiger partial charge in [-0.05, 0) is 25.2 Å². The van der Waals surface area contributed by atoms with Gasteiger partial charge in [-0.25, -0.2) is 0 Å². The molecule has 0 aliphatic rings. The Labute approximate surface area is 89.7 Å². The fourth-order valence-electron chi connectivity index (χ4n) is 1.11. The molecule has 0 amide bonds. The second-order valence-corrected chi connectivity index (χ2v) is 2.86. The topological polar surface area (TPSA) is 45.0 Å². The number of nitrogens with one attached hydrogen (secondary N) is 1. The Morgan fingerprint density at radius 2 is 2.27 bits per heavy atom. The van der Waals surface area contributed by atoms with E-state index in [2.05, 4.69) is 23.2 Å². The van der Waals surface area contributed by atoms with E-state index < -0.39 is 0 Å². The first-order valence-electron chi connectivity index (χ1n) is 4.53. The molecular weight excluding hydrogens is 188 g/mol. The van der Waals surface area contributed by atoms with Crippen LogP contribution in [0.15, 0.2) is 18.2 Å². The van der Waals surface area contributed by atoms with Crippen LogP contribution in [0.2, 0.25) is 0 Å². The molecule has 1 N–H and O–H groups in total. The lowest BCUT2D eigenvalue weighted by atomic mass is 10.1. The molecule has 15 heavy (non-hydrogen) atoms. The molecule has 1 rings (SSSR count). The average molecular weight is 200 g/mol. The van der Waals surface area contributed by atoms with Crippen molar-refractivity contribution in [3.8, 4) is 23.7 Å². The molecule has 3 nitrogen and oxygen atoms in total. The van der Waals surface area contributed by atoms with Gasteiger partial charge in [-0.3, -0.25) is 0 Å². The minimum atomic E-state index is 0.508. The molecule has 0 saturated heterocycles. The lowest BCUT2D eigenvalue weighted by Gasteiger charge is -2.01. The van der Waals surface area contributed by atoms with Crippen LogP contribution in [0.4, 0.5) is 0 Å². The number of ether oxygens (including phenoxy) is 1. The zero-order valence-electron chi connectivity index (χ0n) is 8.79. The summed E-state index contributed by atoms with van der Waals surface area (Å²) in [5.41, 5.74) is 1.33. The Hall–Kier alpha value is -1.97. The van der Waals surface area contributed by atoms with Crippen LogP contribution >= 0.6 is 0 Å². The summed E-state index contributed by atoms with van der Waals surface area (Å²) in [6.07, 6.45) is 0. The van der Waals surface area contributed by atoms with Crippen molar-refractivity contribution in [1.82, 2.24) is 5.32 Å². The maximum atomic E-state index is 8.86. The summed E-state index contributed by atoms with van der Waals surface area (Å²) in [5, 5.41) is 11.8. The van der Waals surface area contributed by atoms with Gasteiger partial charge in [0.05, 0.1) is 19.2 Å². The molecule has 0 bridgehead atoms. The number of nitriles is 1. The van der Waals surface area contributed by atoms with Crippen LogP contribution in [0.25, 0.3) is 0 Å². The van der Waals surface area contributed by atoms with E-state index in [4.69, 9.17) is 10.00 Å². The summed E-state index contributed by atoms with van der Waals surface area (Å²) in [6, 6.07) is 7.38. The first kappa shape index (κ1) is 11.1. The Bertz CT molecular complexity index is 435. The molecule has 0 aliphatic carbocycles. The first-order valence-corrected chi connectivity index (χ1v) is 4.53. The molecule has 0 radical (unpaired) electrons. The van der Waals surface area contributed by atoms with Crippen LogP contribution in [-0.4, -0.2) is 20.7 Å². The van der Waals surface area contributed by atoms with E-state index >= 15 is 0 Å². The van der Waals surface area contributed by atoms with Crippen molar-refractivity contribution in [2.75, 3.05) is 20.7 Å². The summed E-state index contributed by atoms with van der Waals surface area (Å²) < 4.78 is 5.03. The van der Waals surface area contributed by atoms with Crippen molar-refractivity contribution in [3.63, 3.8) is 0 Å². The largest absolute Gasteiger partial charge is 0.495 e. The summed E-state index contributed by atoms with van der Waals surface area (Å²) >= 11 is 0. The SMILES string of the molecule is CNCC#Cc1ccc(OC)c(C#N)c1. The van der Waals surface area contributed by atoms with Gasteiger partial charge in [-0.1, -0.05) is 11.8 Å². The molecule has 0 spiro atoms. The Morgan fingerprint density at radius 3 is 2.87 bits per heavy atom. The van der Waals surface area contributed by atoms with Crippen LogP contribution in [-0.2, 0) is 0 Å². The van der Waals surface area contributed by atoms with Gasteiger partial charge in [0.15, 0.2) is 0 Å². The molecule has 1 aromatic carbocycles. The van der Waals surface area contributed by atoms with Crippen molar-refractivity contribution in [2.45, 2.75) is 0 Å². The molecule has 1 aromatic rings. The van der Waals surface area contributed by atoms with Crippen LogP contribution in [0.3, 0.4) is 0 Å². The van der Waals surface area contributed by atoms with Crippen molar-refractivity contribution >= 4 is 0 Å². The highest BCUT2D eigenvalue weighted by atomic mass is 16.5. The lowest BCUT2D eigenvalue weighted by Crippen LogP contribution is -2.04. The molecule has 76 valence electrons. The Balaban J connectivity index is 2.96. The van der Waals surface area contributed by atoms with Crippen molar-refractivity contribution in [2.24, 2.45) is 0 Å². The minimum Gasteiger partial charge on any atom is -0.495 e. The smallest absolute Gasteiger partial charge is 0.136 e. The molecule has 0 atom stereocenters. The second kappa shape index (κ2) is 5.70. The lowest BCUT2D eigenvalue weighted by molar-refractivity contribution is 0.413. The van der Waals surface area contributed by atoms with E-state index in [1.807, 2.05) is 13.1 Å². The van der Waals surface area contributed by atoms with Gasteiger partial charge in [-0.15, -0.1) is 0 Å². The van der Waals surface area contributed by atoms with Crippen LogP contribution in [0, 0.1) is 23.2 Å². The van der Waals surface area contributed by atoms with Crippen molar-refractivity contribution in [3.05, 3.63) is 29.3 Å². The molecule has 0 unspecified atom stereocenters. The van der Waals surface area contributed by atoms with Gasteiger partial charge in [-0.2, -0.15) is 5.26 Å². The zero-order chi connectivity index (χ0) is 11.1. The summed E-state index contributed by atoms with van der Waals surface area (Å²) in [6.45, 7) is 0.633. The highest BCUT2D eigenvalue weighted by Gasteiger charge is 2.01. The third-order valence-electron chi connectivity index (χ3n) is 1.82. The van der Waals surface area contributed by atoms with E-state index in [0.717, 1.165) is 5.56 Å². The van der Waals surface area contributed by atoms with E-state index in [9.17, 15) is 0 Å². The maximum Gasteiger partial charge on any atom is 0.136 e. The van der Waals surface area contributed by atoms with Gasteiger partial charge >= 0.3 is 0 Å². The number of rotatable bonds is 2. The normalized spacial score (nSPS) is 8.60. The molecular formula is C12H12N2O. The molecule has 0 aromatic heterocycles. The zero-order valence-corrected chi connectivity index (χ0v) is 8.79. The predicted molar refractivity (Wildman–Crippen MR) is 58.5 cm³/mol. The number of nitrogens with zero attached hydrogens (tertiary/aromatic N) is 1. The summed E-state index contributed by atoms with van der Waals surface area (Å²) in [5.74, 6) is 6.46. The molecule has 3 heteroatoms. The van der Waals surface area contributed by atoms with E-state index in [-0.39, 0.29) is 0 Å². The quantitative estimate of drug-likeness (QED) is 0.728. The number of hydrogen-bond donors (Lipinski definition) is 1. The van der Waals surface area contributed by atoms with Crippen molar-refractivity contribution in [1.29, 1.82) is 5.26 Å². The highest BCUT2D eigenvalue weighted by Crippen LogP contribution is 2.17. The second-order valence-electron chi connectivity index (χ2n) is 2.86. The molecule has 0 fully saturated rings. The van der Waals surface area contributed by atoms with Crippen LogP contribution < -0.4 is 10.1 Å². The van der Waals surface area contributed by atoms with Crippen molar-refractivity contribution < 1.29 is 4.74 Å². The Kier molecular flexibility index (Phi) is 4.22. The Morgan fingerprint density at radius 1 is 1.47 bits per heavy atom. The highest BCUT2D eigenvalue weighted by molar-refractivity contribution is 5.49. The fourth-order valence-corrected chi connectivity index (χ4v) is 1.11. The summed E-state index contributed by atoms with van der Waals surface area (Å²) in [7, 11) is 3.38. The third-order valence-corrected chi connectivity index (χ3v) is 1.82. The maximum absolute atomic E-state index is 8.86. The number of benzene rings is 1. The van der Waals surface area contributed by atoms with Gasteiger partial charge < -0.3 is 10.1 Å².